The number of benzene rings is 1. The Morgan fingerprint density at radius 3 is 2.72 bits per heavy atom. The van der Waals surface area contributed by atoms with Gasteiger partial charge in [0.05, 0.1) is 5.56 Å². The maximum absolute atomic E-state index is 11.0. The van der Waals surface area contributed by atoms with E-state index in [4.69, 9.17) is 15.6 Å². The van der Waals surface area contributed by atoms with Crippen molar-refractivity contribution in [2.75, 3.05) is 24.3 Å². The van der Waals surface area contributed by atoms with Gasteiger partial charge in [0.1, 0.15) is 0 Å². The molecule has 1 saturated heterocycles. The number of aromatic carboxylic acids is 1. The Morgan fingerprint density at radius 1 is 1.44 bits per heavy atom. The first-order valence-corrected chi connectivity index (χ1v) is 5.99. The van der Waals surface area contributed by atoms with Crippen molar-refractivity contribution in [1.29, 1.82) is 0 Å². The highest BCUT2D eigenvalue weighted by Crippen LogP contribution is 2.27. The lowest BCUT2D eigenvalue weighted by Crippen LogP contribution is -2.40. The lowest BCUT2D eigenvalue weighted by atomic mass is 9.92. The molecule has 1 aliphatic heterocycles. The lowest BCUT2D eigenvalue weighted by molar-refractivity contribution is 0.0656. The van der Waals surface area contributed by atoms with E-state index in [0.29, 0.717) is 0 Å². The fourth-order valence-electron chi connectivity index (χ4n) is 2.11. The van der Waals surface area contributed by atoms with Crippen molar-refractivity contribution in [2.24, 2.45) is 0 Å². The molecule has 1 aromatic rings. The molecule has 1 fully saturated rings. The van der Waals surface area contributed by atoms with Crippen molar-refractivity contribution < 1.29 is 14.6 Å². The van der Waals surface area contributed by atoms with E-state index in [0.717, 1.165) is 31.7 Å². The molecule has 5 heteroatoms. The Bertz CT molecular complexity index is 454. The summed E-state index contributed by atoms with van der Waals surface area (Å²) in [6.45, 7) is 3.57. The third-order valence-electron chi connectivity index (χ3n) is 3.33. The third-order valence-corrected chi connectivity index (χ3v) is 3.33. The molecule has 18 heavy (non-hydrogen) atoms. The van der Waals surface area contributed by atoms with Crippen LogP contribution in [0.25, 0.3) is 0 Å². The molecule has 0 aromatic heterocycles. The molecule has 0 saturated carbocycles. The zero-order valence-corrected chi connectivity index (χ0v) is 10.4. The maximum Gasteiger partial charge on any atom is 0.337 e. The molecule has 5 nitrogen and oxygen atoms in total. The predicted octanol–water partition coefficient (Wildman–Crippen LogP) is 1.95. The number of nitrogens with one attached hydrogen (secondary N) is 1. The molecular weight excluding hydrogens is 232 g/mol. The minimum atomic E-state index is -1.01. The van der Waals surface area contributed by atoms with Gasteiger partial charge in [-0.1, -0.05) is 0 Å². The number of hydrogen-bond acceptors (Lipinski definition) is 4. The molecule has 0 atom stereocenters. The van der Waals surface area contributed by atoms with Crippen molar-refractivity contribution in [3.8, 4) is 0 Å². The van der Waals surface area contributed by atoms with Gasteiger partial charge >= 0.3 is 5.97 Å². The first-order chi connectivity index (χ1) is 8.50. The Hall–Kier alpha value is -1.75. The summed E-state index contributed by atoms with van der Waals surface area (Å²) in [7, 11) is 0. The molecule has 0 unspecified atom stereocenters. The summed E-state index contributed by atoms with van der Waals surface area (Å²) in [6.07, 6.45) is 1.81. The highest BCUT2D eigenvalue weighted by Gasteiger charge is 2.27. The van der Waals surface area contributed by atoms with Crippen molar-refractivity contribution in [2.45, 2.75) is 25.3 Å². The molecule has 98 valence electrons. The zero-order valence-electron chi connectivity index (χ0n) is 10.4. The highest BCUT2D eigenvalue weighted by atomic mass is 16.5. The van der Waals surface area contributed by atoms with Crippen LogP contribution in [0.5, 0.6) is 0 Å². The SMILES string of the molecule is CC1(Nc2ccc(N)c(C(=O)O)c2)CCOCC1. The van der Waals surface area contributed by atoms with E-state index < -0.39 is 5.97 Å². The summed E-state index contributed by atoms with van der Waals surface area (Å²) in [4.78, 5) is 11.0. The molecule has 0 bridgehead atoms. The van der Waals surface area contributed by atoms with E-state index >= 15 is 0 Å². The largest absolute Gasteiger partial charge is 0.478 e. The Kier molecular flexibility index (Phi) is 3.43. The Labute approximate surface area is 106 Å². The molecular formula is C13H18N2O3. The van der Waals surface area contributed by atoms with E-state index in [1.54, 1.807) is 12.1 Å². The van der Waals surface area contributed by atoms with Crippen LogP contribution >= 0.6 is 0 Å². The molecule has 0 spiro atoms. The van der Waals surface area contributed by atoms with Gasteiger partial charge < -0.3 is 20.9 Å². The van der Waals surface area contributed by atoms with Crippen LogP contribution < -0.4 is 11.1 Å². The van der Waals surface area contributed by atoms with Crippen molar-refractivity contribution in [3.63, 3.8) is 0 Å². The number of carbonyl (C=O) groups is 1. The monoisotopic (exact) mass is 250 g/mol. The zero-order chi connectivity index (χ0) is 13.2. The normalized spacial score (nSPS) is 18.3. The summed E-state index contributed by atoms with van der Waals surface area (Å²) < 4.78 is 5.33. The summed E-state index contributed by atoms with van der Waals surface area (Å²) in [5.41, 5.74) is 6.78. The van der Waals surface area contributed by atoms with Crippen LogP contribution in [0.15, 0.2) is 18.2 Å². The minimum absolute atomic E-state index is 0.0514. The molecule has 1 aromatic carbocycles. The number of nitrogens with two attached hydrogens (primary N) is 1. The highest BCUT2D eigenvalue weighted by molar-refractivity contribution is 5.94. The van der Waals surface area contributed by atoms with Gasteiger partial charge in [-0.05, 0) is 38.0 Å². The van der Waals surface area contributed by atoms with Crippen molar-refractivity contribution in [1.82, 2.24) is 0 Å². The van der Waals surface area contributed by atoms with Crippen LogP contribution in [0.1, 0.15) is 30.1 Å². The molecule has 0 radical (unpaired) electrons. The molecule has 2 rings (SSSR count). The van der Waals surface area contributed by atoms with Gasteiger partial charge in [-0.15, -0.1) is 0 Å². The van der Waals surface area contributed by atoms with Crippen LogP contribution in [0.2, 0.25) is 0 Å². The average molecular weight is 250 g/mol. The molecule has 1 heterocycles. The van der Waals surface area contributed by atoms with Crippen LogP contribution in [-0.4, -0.2) is 29.8 Å². The number of ether oxygens (including phenoxy) is 1. The van der Waals surface area contributed by atoms with Crippen LogP contribution in [0.3, 0.4) is 0 Å². The van der Waals surface area contributed by atoms with Gasteiger partial charge in [0.25, 0.3) is 0 Å². The van der Waals surface area contributed by atoms with Gasteiger partial charge in [0.15, 0.2) is 0 Å². The van der Waals surface area contributed by atoms with E-state index in [9.17, 15) is 4.79 Å². The lowest BCUT2D eigenvalue weighted by Gasteiger charge is -2.35. The molecule has 0 aliphatic carbocycles. The number of carboxylic acid groups (broad SMARTS) is 1. The van der Waals surface area contributed by atoms with Crippen LogP contribution in [0.4, 0.5) is 11.4 Å². The van der Waals surface area contributed by atoms with Crippen molar-refractivity contribution in [3.05, 3.63) is 23.8 Å². The van der Waals surface area contributed by atoms with Crippen LogP contribution in [-0.2, 0) is 4.74 Å². The van der Waals surface area contributed by atoms with Crippen LogP contribution in [0, 0.1) is 0 Å². The second-order valence-corrected chi connectivity index (χ2v) is 4.91. The number of carboxylic acids is 1. The summed E-state index contributed by atoms with van der Waals surface area (Å²) >= 11 is 0. The summed E-state index contributed by atoms with van der Waals surface area (Å²) in [5.74, 6) is -1.01. The van der Waals surface area contributed by atoms with E-state index in [1.807, 2.05) is 6.07 Å². The second kappa shape index (κ2) is 4.86. The quantitative estimate of drug-likeness (QED) is 0.714. The van der Waals surface area contributed by atoms with E-state index in [-0.39, 0.29) is 16.8 Å². The third kappa shape index (κ3) is 2.73. The smallest absolute Gasteiger partial charge is 0.337 e. The van der Waals surface area contributed by atoms with Gasteiger partial charge in [-0.25, -0.2) is 4.79 Å². The minimum Gasteiger partial charge on any atom is -0.478 e. The Morgan fingerprint density at radius 2 is 2.11 bits per heavy atom. The first kappa shape index (κ1) is 12.7. The summed E-state index contributed by atoms with van der Waals surface area (Å²) in [6, 6.07) is 5.01. The molecule has 0 amide bonds. The van der Waals surface area contributed by atoms with E-state index in [2.05, 4.69) is 12.2 Å². The second-order valence-electron chi connectivity index (χ2n) is 4.91. The van der Waals surface area contributed by atoms with E-state index in [1.165, 1.54) is 0 Å². The van der Waals surface area contributed by atoms with Gasteiger partial charge in [0.2, 0.25) is 0 Å². The van der Waals surface area contributed by atoms with Gasteiger partial charge in [0, 0.05) is 30.1 Å². The molecule has 1 aliphatic rings. The number of anilines is 2. The summed E-state index contributed by atoms with van der Waals surface area (Å²) in [5, 5.41) is 12.4. The fraction of sp³-hybridized carbons (Fsp3) is 0.462. The number of hydrogen-bond donors (Lipinski definition) is 3. The predicted molar refractivity (Wildman–Crippen MR) is 69.9 cm³/mol. The Balaban J connectivity index is 2.18. The maximum atomic E-state index is 11.0. The van der Waals surface area contributed by atoms with Gasteiger partial charge in [-0.2, -0.15) is 0 Å². The number of rotatable bonds is 3. The standard InChI is InChI=1S/C13H18N2O3/c1-13(4-6-18-7-5-13)15-9-2-3-11(14)10(8-9)12(16)17/h2-3,8,15H,4-7,14H2,1H3,(H,16,17). The first-order valence-electron chi connectivity index (χ1n) is 5.99. The number of nitrogen functional groups attached to an aromatic ring is 1. The average Bonchev–Trinajstić information content (AvgIpc) is 2.32. The van der Waals surface area contributed by atoms with Crippen molar-refractivity contribution >= 4 is 17.3 Å². The molecule has 4 N–H and O–H groups in total. The topological polar surface area (TPSA) is 84.6 Å². The van der Waals surface area contributed by atoms with Gasteiger partial charge in [-0.3, -0.25) is 0 Å². The fourth-order valence-corrected chi connectivity index (χ4v) is 2.11.